The molecule has 0 aromatic heterocycles. The maximum atomic E-state index is 11.8. The first-order chi connectivity index (χ1) is 8.84. The van der Waals surface area contributed by atoms with E-state index in [0.717, 1.165) is 12.8 Å². The number of nitrogens with one attached hydrogen (secondary N) is 2. The van der Waals surface area contributed by atoms with Crippen molar-refractivity contribution in [2.75, 3.05) is 6.61 Å². The quantitative estimate of drug-likeness (QED) is 0.707. The number of carboxylic acids is 1. The number of hydrogen-bond donors (Lipinski definition) is 3. The molecule has 6 heteroatoms. The monoisotopic (exact) mass is 272 g/mol. The molecule has 1 rings (SSSR count). The van der Waals surface area contributed by atoms with Crippen LogP contribution in [0.15, 0.2) is 0 Å². The Labute approximate surface area is 113 Å². The predicted octanol–water partition coefficient (Wildman–Crippen LogP) is 1.50. The molecule has 1 unspecified atom stereocenters. The second kappa shape index (κ2) is 6.75. The summed E-state index contributed by atoms with van der Waals surface area (Å²) in [6.07, 6.45) is 2.62. The Morgan fingerprint density at radius 2 is 2.16 bits per heavy atom. The van der Waals surface area contributed by atoms with Gasteiger partial charge in [-0.15, -0.1) is 0 Å². The highest BCUT2D eigenvalue weighted by Gasteiger charge is 2.30. The average Bonchev–Trinajstić information content (AvgIpc) is 2.26. The lowest BCUT2D eigenvalue weighted by atomic mass is 9.94. The summed E-state index contributed by atoms with van der Waals surface area (Å²) < 4.78 is 5.57. The number of hydrogen-bond acceptors (Lipinski definition) is 3. The van der Waals surface area contributed by atoms with Gasteiger partial charge in [0, 0.05) is 12.6 Å². The molecule has 0 aromatic carbocycles. The van der Waals surface area contributed by atoms with Crippen molar-refractivity contribution in [1.29, 1.82) is 0 Å². The molecule has 0 aromatic rings. The molecule has 0 spiro atoms. The standard InChI is InChI=1S/C13H24N2O4/c1-4-5-10(11(16)17)15-12(18)14-9-6-7-19-13(2,3)8-9/h9-10H,4-8H2,1-3H3,(H,16,17)(H2,14,15,18)/t9?,10-/m1/s1. The number of carbonyl (C=O) groups excluding carboxylic acids is 1. The van der Waals surface area contributed by atoms with E-state index in [9.17, 15) is 9.59 Å². The molecular weight excluding hydrogens is 248 g/mol. The maximum absolute atomic E-state index is 11.8. The molecule has 2 atom stereocenters. The minimum absolute atomic E-state index is 0.0276. The highest BCUT2D eigenvalue weighted by atomic mass is 16.5. The van der Waals surface area contributed by atoms with Crippen molar-refractivity contribution in [2.24, 2.45) is 0 Å². The zero-order chi connectivity index (χ0) is 14.5. The summed E-state index contributed by atoms with van der Waals surface area (Å²) >= 11 is 0. The average molecular weight is 272 g/mol. The van der Waals surface area contributed by atoms with Crippen LogP contribution in [0.2, 0.25) is 0 Å². The lowest BCUT2D eigenvalue weighted by Gasteiger charge is -2.35. The van der Waals surface area contributed by atoms with Gasteiger partial charge in [-0.25, -0.2) is 9.59 Å². The number of urea groups is 1. The van der Waals surface area contributed by atoms with Crippen LogP contribution in [0.1, 0.15) is 46.5 Å². The van der Waals surface area contributed by atoms with E-state index in [4.69, 9.17) is 9.84 Å². The first kappa shape index (κ1) is 15.8. The van der Waals surface area contributed by atoms with Crippen molar-refractivity contribution in [1.82, 2.24) is 10.6 Å². The van der Waals surface area contributed by atoms with Gasteiger partial charge in [-0.05, 0) is 33.1 Å². The van der Waals surface area contributed by atoms with E-state index in [-0.39, 0.29) is 11.6 Å². The first-order valence-corrected chi connectivity index (χ1v) is 6.78. The van der Waals surface area contributed by atoms with E-state index >= 15 is 0 Å². The lowest BCUT2D eigenvalue weighted by Crippen LogP contribution is -2.52. The van der Waals surface area contributed by atoms with Crippen molar-refractivity contribution in [3.05, 3.63) is 0 Å². The number of carboxylic acid groups (broad SMARTS) is 1. The van der Waals surface area contributed by atoms with Crippen molar-refractivity contribution in [3.63, 3.8) is 0 Å². The molecule has 0 saturated carbocycles. The van der Waals surface area contributed by atoms with Crippen LogP contribution in [-0.4, -0.2) is 41.4 Å². The van der Waals surface area contributed by atoms with E-state index in [1.54, 1.807) is 0 Å². The minimum atomic E-state index is -0.996. The number of ether oxygens (including phenoxy) is 1. The van der Waals surface area contributed by atoms with Crippen molar-refractivity contribution >= 4 is 12.0 Å². The smallest absolute Gasteiger partial charge is 0.326 e. The van der Waals surface area contributed by atoms with Gasteiger partial charge >= 0.3 is 12.0 Å². The van der Waals surface area contributed by atoms with Crippen molar-refractivity contribution in [3.8, 4) is 0 Å². The third kappa shape index (κ3) is 5.46. The Morgan fingerprint density at radius 3 is 2.68 bits per heavy atom. The Bertz CT molecular complexity index is 331. The summed E-state index contributed by atoms with van der Waals surface area (Å²) in [5.41, 5.74) is -0.244. The van der Waals surface area contributed by atoms with Gasteiger partial charge in [0.25, 0.3) is 0 Å². The Kier molecular flexibility index (Phi) is 5.60. The SMILES string of the molecule is CCC[C@@H](NC(=O)NC1CCOC(C)(C)C1)C(=O)O. The maximum Gasteiger partial charge on any atom is 0.326 e. The zero-order valence-corrected chi connectivity index (χ0v) is 11.9. The van der Waals surface area contributed by atoms with Crippen LogP contribution in [0.4, 0.5) is 4.79 Å². The van der Waals surface area contributed by atoms with Crippen LogP contribution in [0.5, 0.6) is 0 Å². The molecule has 0 bridgehead atoms. The van der Waals surface area contributed by atoms with Crippen LogP contribution in [0.25, 0.3) is 0 Å². The number of carbonyl (C=O) groups is 2. The van der Waals surface area contributed by atoms with Crippen LogP contribution in [-0.2, 0) is 9.53 Å². The first-order valence-electron chi connectivity index (χ1n) is 6.78. The van der Waals surface area contributed by atoms with Crippen LogP contribution in [0, 0.1) is 0 Å². The summed E-state index contributed by atoms with van der Waals surface area (Å²) in [6.45, 7) is 6.46. The molecule has 3 N–H and O–H groups in total. The van der Waals surface area contributed by atoms with Crippen molar-refractivity contribution < 1.29 is 19.4 Å². The Balaban J connectivity index is 2.43. The van der Waals surface area contributed by atoms with Gasteiger partial charge in [0.1, 0.15) is 6.04 Å². The van der Waals surface area contributed by atoms with Gasteiger partial charge in [0.05, 0.1) is 5.60 Å². The fourth-order valence-corrected chi connectivity index (χ4v) is 2.29. The lowest BCUT2D eigenvalue weighted by molar-refractivity contribution is -0.139. The topological polar surface area (TPSA) is 87.7 Å². The van der Waals surface area contributed by atoms with Gasteiger partial charge in [-0.2, -0.15) is 0 Å². The van der Waals surface area contributed by atoms with Crippen LogP contribution in [0.3, 0.4) is 0 Å². The molecule has 1 aliphatic rings. The zero-order valence-electron chi connectivity index (χ0n) is 11.9. The molecule has 1 aliphatic heterocycles. The van der Waals surface area contributed by atoms with E-state index < -0.39 is 18.0 Å². The highest BCUT2D eigenvalue weighted by molar-refractivity contribution is 5.82. The summed E-state index contributed by atoms with van der Waals surface area (Å²) in [7, 11) is 0. The number of rotatable bonds is 5. The van der Waals surface area contributed by atoms with Crippen LogP contribution >= 0.6 is 0 Å². The molecule has 6 nitrogen and oxygen atoms in total. The van der Waals surface area contributed by atoms with Gasteiger partial charge in [-0.3, -0.25) is 0 Å². The molecule has 0 aliphatic carbocycles. The van der Waals surface area contributed by atoms with E-state index in [2.05, 4.69) is 10.6 Å². The highest BCUT2D eigenvalue weighted by Crippen LogP contribution is 2.23. The van der Waals surface area contributed by atoms with Gasteiger partial charge in [-0.1, -0.05) is 13.3 Å². The summed E-state index contributed by atoms with van der Waals surface area (Å²) in [5, 5.41) is 14.3. The number of aliphatic carboxylic acids is 1. The summed E-state index contributed by atoms with van der Waals surface area (Å²) in [4.78, 5) is 22.7. The van der Waals surface area contributed by atoms with Gasteiger partial charge in [0.15, 0.2) is 0 Å². The third-order valence-corrected chi connectivity index (χ3v) is 3.21. The Morgan fingerprint density at radius 1 is 1.47 bits per heavy atom. The van der Waals surface area contributed by atoms with E-state index in [1.165, 1.54) is 0 Å². The molecule has 0 radical (unpaired) electrons. The molecule has 1 saturated heterocycles. The summed E-state index contributed by atoms with van der Waals surface area (Å²) in [6, 6.07) is -1.21. The minimum Gasteiger partial charge on any atom is -0.480 e. The fourth-order valence-electron chi connectivity index (χ4n) is 2.29. The number of amides is 2. The normalized spacial score (nSPS) is 23.4. The summed E-state index contributed by atoms with van der Waals surface area (Å²) in [5.74, 6) is -0.996. The molecule has 1 heterocycles. The van der Waals surface area contributed by atoms with E-state index in [0.29, 0.717) is 19.4 Å². The second-order valence-corrected chi connectivity index (χ2v) is 5.60. The fraction of sp³-hybridized carbons (Fsp3) is 0.846. The van der Waals surface area contributed by atoms with Crippen molar-refractivity contribution in [2.45, 2.75) is 64.1 Å². The molecule has 1 fully saturated rings. The van der Waals surface area contributed by atoms with Gasteiger partial charge in [0.2, 0.25) is 0 Å². The third-order valence-electron chi connectivity index (χ3n) is 3.21. The van der Waals surface area contributed by atoms with Gasteiger partial charge < -0.3 is 20.5 Å². The molecule has 2 amide bonds. The molecular formula is C13H24N2O4. The van der Waals surface area contributed by atoms with Crippen LogP contribution < -0.4 is 10.6 Å². The molecule has 19 heavy (non-hydrogen) atoms. The largest absolute Gasteiger partial charge is 0.480 e. The predicted molar refractivity (Wildman–Crippen MR) is 71.1 cm³/mol. The molecule has 110 valence electrons. The van der Waals surface area contributed by atoms with E-state index in [1.807, 2.05) is 20.8 Å². The Hall–Kier alpha value is -1.30. The second-order valence-electron chi connectivity index (χ2n) is 5.60.